The molecule has 0 aliphatic carbocycles. The number of rotatable bonds is 14. The summed E-state index contributed by atoms with van der Waals surface area (Å²) in [6.07, 6.45) is -1.50. The highest BCUT2D eigenvalue weighted by Gasteiger charge is 2.39. The highest BCUT2D eigenvalue weighted by molar-refractivity contribution is 7.12. The lowest BCUT2D eigenvalue weighted by Gasteiger charge is -2.33. The van der Waals surface area contributed by atoms with Crippen molar-refractivity contribution in [2.24, 2.45) is 11.8 Å². The van der Waals surface area contributed by atoms with Crippen LogP contribution in [-0.4, -0.2) is 97.7 Å². The minimum Gasteiger partial charge on any atom is -0.464 e. The zero-order valence-corrected chi connectivity index (χ0v) is 40.4. The number of aromatic nitrogens is 5. The number of carbonyl (C=O) groups is 4. The predicted molar refractivity (Wildman–Crippen MR) is 253 cm³/mol. The van der Waals surface area contributed by atoms with E-state index in [0.29, 0.717) is 76.5 Å². The second kappa shape index (κ2) is 19.6. The number of alkyl carbamates (subject to hydrolysis) is 2. The van der Waals surface area contributed by atoms with E-state index in [1.54, 1.807) is 22.2 Å². The SMILES string of the molecule is CC[C@@H](c1ncc(-c2ccc3c(c2)OC(c2ccc(C(F)(F)F)s2)n2c-3cc3cc(-c4cnc(C5CCCN5C(=O)C(NC(=O)OC)C(C)C)[nH]4)ccc32)[nH]1)N(CC)C(=O)[C@@H](NC(=O)OC)C(C)C. The first kappa shape index (κ1) is 48.6. The number of aromatic amines is 2. The molecular weight excluding hydrogens is 916 g/mol. The van der Waals surface area contributed by atoms with Gasteiger partial charge < -0.3 is 44.6 Å². The third-order valence-corrected chi connectivity index (χ3v) is 14.0. The van der Waals surface area contributed by atoms with Crippen LogP contribution in [0.3, 0.4) is 0 Å². The molecular formula is C49H56F3N9O7S. The van der Waals surface area contributed by atoms with E-state index >= 15 is 0 Å². The molecule has 2 aliphatic heterocycles. The smallest absolute Gasteiger partial charge is 0.425 e. The molecule has 20 heteroatoms. The van der Waals surface area contributed by atoms with Crippen LogP contribution in [0.1, 0.15) is 101 Å². The number of amides is 4. The quantitative estimate of drug-likeness (QED) is 0.0824. The number of benzene rings is 2. The van der Waals surface area contributed by atoms with Crippen molar-refractivity contribution in [3.05, 3.63) is 88.4 Å². The van der Waals surface area contributed by atoms with Gasteiger partial charge in [0.2, 0.25) is 18.0 Å². The highest BCUT2D eigenvalue weighted by atomic mass is 32.1. The largest absolute Gasteiger partial charge is 0.464 e. The summed E-state index contributed by atoms with van der Waals surface area (Å²) < 4.78 is 60.3. The molecule has 8 rings (SSSR count). The number of halogens is 3. The van der Waals surface area contributed by atoms with Crippen molar-refractivity contribution < 1.29 is 46.6 Å². The van der Waals surface area contributed by atoms with E-state index in [4.69, 9.17) is 24.2 Å². The predicted octanol–water partition coefficient (Wildman–Crippen LogP) is 9.83. The Morgan fingerprint density at radius 3 is 2.20 bits per heavy atom. The molecule has 4 N–H and O–H groups in total. The average Bonchev–Trinajstić information content (AvgIpc) is 4.19. The summed E-state index contributed by atoms with van der Waals surface area (Å²) in [4.78, 5) is 71.2. The zero-order valence-electron chi connectivity index (χ0n) is 39.6. The topological polar surface area (TPSA) is 189 Å². The minimum atomic E-state index is -4.54. The summed E-state index contributed by atoms with van der Waals surface area (Å²) in [5, 5.41) is 6.15. The van der Waals surface area contributed by atoms with Crippen molar-refractivity contribution >= 4 is 46.2 Å². The number of hydrogen-bond acceptors (Lipinski definition) is 10. The first-order valence-electron chi connectivity index (χ1n) is 23.0. The minimum absolute atomic E-state index is 0.181. The van der Waals surface area contributed by atoms with Crippen molar-refractivity contribution in [3.8, 4) is 39.5 Å². The van der Waals surface area contributed by atoms with Gasteiger partial charge in [0.15, 0.2) is 0 Å². The number of ether oxygens (including phenoxy) is 3. The molecule has 0 bridgehead atoms. The number of methoxy groups -OCH3 is 2. The van der Waals surface area contributed by atoms with Crippen LogP contribution in [-0.2, 0) is 25.2 Å². The van der Waals surface area contributed by atoms with E-state index in [1.807, 2.05) is 88.6 Å². The maximum Gasteiger partial charge on any atom is 0.425 e. The standard InChI is InChI=1S/C49H56F3N9O7S/c1-9-33(59(10-2)44(62)40(25(3)4)57-47(64)66-7)42-53-24-32(55-42)28-13-15-30-36-21-29-20-27(14-16-34(29)61(36)46(68-37(30)22-28)38-17-18-39(69-38)49(50,51)52)31-23-54-43(56-31)35-12-11-19-60(35)45(63)41(26(5)6)58-48(65)67-8/h13-18,20-26,33,35,40-41,46H,9-12,19H2,1-8H3,(H,53,55)(H,54,56)(H,57,64)(H,58,65)/t33-,35?,40-,41?,46?/m0/s1. The van der Waals surface area contributed by atoms with Crippen LogP contribution < -0.4 is 15.4 Å². The van der Waals surface area contributed by atoms with Crippen LogP contribution in [0.2, 0.25) is 0 Å². The lowest BCUT2D eigenvalue weighted by Crippen LogP contribution is -2.52. The average molecular weight is 972 g/mol. The van der Waals surface area contributed by atoms with E-state index in [0.717, 1.165) is 40.2 Å². The van der Waals surface area contributed by atoms with E-state index < -0.39 is 47.6 Å². The number of carbonyl (C=O) groups excluding carboxylic acids is 4. The molecule has 16 nitrogen and oxygen atoms in total. The maximum atomic E-state index is 14.0. The van der Waals surface area contributed by atoms with Gasteiger partial charge in [0.25, 0.3) is 0 Å². The lowest BCUT2D eigenvalue weighted by atomic mass is 10.0. The fourth-order valence-corrected chi connectivity index (χ4v) is 10.2. The Bertz CT molecular complexity index is 2870. The van der Waals surface area contributed by atoms with Gasteiger partial charge in [-0.15, -0.1) is 11.3 Å². The van der Waals surface area contributed by atoms with Crippen molar-refractivity contribution in [3.63, 3.8) is 0 Å². The molecule has 5 atom stereocenters. The number of nitrogens with one attached hydrogen (secondary N) is 4. The summed E-state index contributed by atoms with van der Waals surface area (Å²) in [6.45, 7) is 12.1. The van der Waals surface area contributed by atoms with Crippen LogP contribution in [0.5, 0.6) is 5.75 Å². The van der Waals surface area contributed by atoms with Gasteiger partial charge in [0.1, 0.15) is 34.4 Å². The number of imidazole rings is 2. The molecule has 4 amide bonds. The number of likely N-dealkylation sites (tertiary alicyclic amines) is 1. The monoisotopic (exact) mass is 971 g/mol. The van der Waals surface area contributed by atoms with Crippen molar-refractivity contribution in [1.82, 2.24) is 44.9 Å². The number of fused-ring (bicyclic) bond motifs is 5. The Morgan fingerprint density at radius 1 is 0.884 bits per heavy atom. The molecule has 69 heavy (non-hydrogen) atoms. The third-order valence-electron chi connectivity index (χ3n) is 12.9. The van der Waals surface area contributed by atoms with E-state index in [2.05, 4.69) is 20.6 Å². The number of alkyl halides is 3. The van der Waals surface area contributed by atoms with Crippen molar-refractivity contribution in [1.29, 1.82) is 0 Å². The Morgan fingerprint density at radius 2 is 1.55 bits per heavy atom. The van der Waals surface area contributed by atoms with Crippen molar-refractivity contribution in [2.45, 2.75) is 97.4 Å². The normalized spacial score (nSPS) is 17.0. The van der Waals surface area contributed by atoms with E-state index in [-0.39, 0.29) is 29.7 Å². The van der Waals surface area contributed by atoms with Crippen LogP contribution >= 0.6 is 11.3 Å². The van der Waals surface area contributed by atoms with Gasteiger partial charge >= 0.3 is 18.4 Å². The van der Waals surface area contributed by atoms with Gasteiger partial charge in [-0.25, -0.2) is 19.6 Å². The number of nitrogens with zero attached hydrogens (tertiary/aromatic N) is 5. The van der Waals surface area contributed by atoms with Crippen LogP contribution in [0.15, 0.2) is 67.0 Å². The van der Waals surface area contributed by atoms with E-state index in [9.17, 15) is 32.3 Å². The summed E-state index contributed by atoms with van der Waals surface area (Å²) in [5.41, 5.74) is 5.05. The molecule has 3 unspecified atom stereocenters. The van der Waals surface area contributed by atoms with E-state index in [1.165, 1.54) is 20.3 Å². The number of hydrogen-bond donors (Lipinski definition) is 4. The Labute approximate surface area is 400 Å². The van der Waals surface area contributed by atoms with Crippen LogP contribution in [0.25, 0.3) is 44.7 Å². The first-order valence-corrected chi connectivity index (χ1v) is 23.8. The number of likely N-dealkylation sites (N-methyl/N-ethyl adjacent to an activating group) is 1. The second-order valence-electron chi connectivity index (χ2n) is 17.9. The molecule has 2 aromatic carbocycles. The molecule has 2 aliphatic rings. The van der Waals surface area contributed by atoms with Gasteiger partial charge in [0, 0.05) is 35.2 Å². The van der Waals surface area contributed by atoms with Gasteiger partial charge in [-0.05, 0) is 80.5 Å². The Balaban J connectivity index is 1.12. The first-order chi connectivity index (χ1) is 32.9. The van der Waals surface area contributed by atoms with Gasteiger partial charge in [-0.2, -0.15) is 13.2 Å². The van der Waals surface area contributed by atoms with Crippen LogP contribution in [0.4, 0.5) is 22.8 Å². The number of H-pyrrole nitrogens is 2. The van der Waals surface area contributed by atoms with Crippen LogP contribution in [0, 0.1) is 11.8 Å². The molecule has 4 aromatic heterocycles. The molecule has 6 aromatic rings. The molecule has 1 saturated heterocycles. The fourth-order valence-electron chi connectivity index (χ4n) is 9.33. The fraction of sp³-hybridized carbons (Fsp3) is 0.429. The lowest BCUT2D eigenvalue weighted by molar-refractivity contribution is -0.137. The molecule has 0 radical (unpaired) electrons. The summed E-state index contributed by atoms with van der Waals surface area (Å²) in [7, 11) is 2.50. The van der Waals surface area contributed by atoms with Gasteiger partial charge in [-0.3, -0.25) is 14.2 Å². The third kappa shape index (κ3) is 9.50. The molecule has 0 saturated carbocycles. The summed E-state index contributed by atoms with van der Waals surface area (Å²) in [6, 6.07) is 13.6. The second-order valence-corrected chi connectivity index (χ2v) is 19.0. The van der Waals surface area contributed by atoms with Gasteiger partial charge in [-0.1, -0.05) is 46.8 Å². The molecule has 1 fully saturated rings. The number of thiophene rings is 1. The molecule has 6 heterocycles. The summed E-state index contributed by atoms with van der Waals surface area (Å²) >= 11 is 0.628. The molecule has 366 valence electrons. The Kier molecular flexibility index (Phi) is 13.8. The maximum absolute atomic E-state index is 14.0. The summed E-state index contributed by atoms with van der Waals surface area (Å²) in [5.74, 6) is 0.722. The molecule has 0 spiro atoms. The highest BCUT2D eigenvalue weighted by Crippen LogP contribution is 2.48. The van der Waals surface area contributed by atoms with Gasteiger partial charge in [0.05, 0.1) is 66.2 Å². The van der Waals surface area contributed by atoms with Crippen molar-refractivity contribution in [2.75, 3.05) is 27.3 Å². The zero-order chi connectivity index (χ0) is 49.5. The Hall–Kier alpha value is -6.83.